The molecule has 0 saturated heterocycles. The van der Waals surface area contributed by atoms with E-state index in [4.69, 9.17) is 5.73 Å². The largest absolute Gasteiger partial charge is 0.399 e. The summed E-state index contributed by atoms with van der Waals surface area (Å²) >= 11 is 0. The molecule has 0 aliphatic rings. The SMILES string of the molecule is CC(=O)NCCCNC(C)Cc1ccc(N)cc1. The van der Waals surface area contributed by atoms with E-state index in [2.05, 4.69) is 29.7 Å². The zero-order valence-corrected chi connectivity index (χ0v) is 11.2. The number of benzene rings is 1. The molecule has 4 nitrogen and oxygen atoms in total. The van der Waals surface area contributed by atoms with E-state index < -0.39 is 0 Å². The van der Waals surface area contributed by atoms with Gasteiger partial charge in [0.05, 0.1) is 0 Å². The molecule has 1 atom stereocenters. The Morgan fingerprint density at radius 3 is 2.56 bits per heavy atom. The number of nitrogens with two attached hydrogens (primary N) is 1. The highest BCUT2D eigenvalue weighted by Crippen LogP contribution is 2.07. The molecule has 1 amide bonds. The lowest BCUT2D eigenvalue weighted by Gasteiger charge is -2.14. The maximum atomic E-state index is 10.7. The first-order valence-corrected chi connectivity index (χ1v) is 6.40. The molecule has 4 N–H and O–H groups in total. The van der Waals surface area contributed by atoms with Crippen LogP contribution in [0.5, 0.6) is 0 Å². The summed E-state index contributed by atoms with van der Waals surface area (Å²) < 4.78 is 0. The van der Waals surface area contributed by atoms with Crippen LogP contribution in [0.2, 0.25) is 0 Å². The van der Waals surface area contributed by atoms with Gasteiger partial charge >= 0.3 is 0 Å². The molecule has 1 aromatic rings. The monoisotopic (exact) mass is 249 g/mol. The van der Waals surface area contributed by atoms with E-state index in [-0.39, 0.29) is 5.91 Å². The third kappa shape index (κ3) is 6.25. The first-order valence-electron chi connectivity index (χ1n) is 6.40. The molecule has 0 aromatic heterocycles. The normalized spacial score (nSPS) is 12.1. The van der Waals surface area contributed by atoms with E-state index in [1.54, 1.807) is 0 Å². The van der Waals surface area contributed by atoms with Crippen molar-refractivity contribution in [2.24, 2.45) is 0 Å². The predicted octanol–water partition coefficient (Wildman–Crippen LogP) is 1.32. The van der Waals surface area contributed by atoms with Crippen LogP contribution in [0.25, 0.3) is 0 Å². The average molecular weight is 249 g/mol. The molecule has 0 saturated carbocycles. The van der Waals surface area contributed by atoms with Gasteiger partial charge in [0.25, 0.3) is 0 Å². The standard InChI is InChI=1S/C14H23N3O/c1-11(16-8-3-9-17-12(2)18)10-13-4-6-14(15)7-5-13/h4-7,11,16H,3,8-10,15H2,1-2H3,(H,17,18). The minimum absolute atomic E-state index is 0.0323. The summed E-state index contributed by atoms with van der Waals surface area (Å²) in [6.07, 6.45) is 1.94. The maximum Gasteiger partial charge on any atom is 0.216 e. The van der Waals surface area contributed by atoms with Crippen LogP contribution in [0.15, 0.2) is 24.3 Å². The molecule has 100 valence electrons. The van der Waals surface area contributed by atoms with E-state index in [1.807, 2.05) is 12.1 Å². The van der Waals surface area contributed by atoms with Gasteiger partial charge in [0.2, 0.25) is 5.91 Å². The highest BCUT2D eigenvalue weighted by Gasteiger charge is 2.02. The summed E-state index contributed by atoms with van der Waals surface area (Å²) in [6.45, 7) is 5.35. The maximum absolute atomic E-state index is 10.7. The number of amides is 1. The van der Waals surface area contributed by atoms with Gasteiger partial charge in [-0.05, 0) is 44.0 Å². The second-order valence-electron chi connectivity index (χ2n) is 4.64. The topological polar surface area (TPSA) is 67.2 Å². The quantitative estimate of drug-likeness (QED) is 0.504. The van der Waals surface area contributed by atoms with Crippen molar-refractivity contribution < 1.29 is 4.79 Å². The second kappa shape index (κ2) is 7.71. The third-order valence-electron chi connectivity index (χ3n) is 2.74. The van der Waals surface area contributed by atoms with Crippen LogP contribution in [0.3, 0.4) is 0 Å². The summed E-state index contributed by atoms with van der Waals surface area (Å²) in [5.74, 6) is 0.0323. The molecule has 0 bridgehead atoms. The van der Waals surface area contributed by atoms with Gasteiger partial charge in [-0.1, -0.05) is 12.1 Å². The van der Waals surface area contributed by atoms with Gasteiger partial charge in [-0.3, -0.25) is 4.79 Å². The van der Waals surface area contributed by atoms with Gasteiger partial charge in [-0.15, -0.1) is 0 Å². The Kier molecular flexibility index (Phi) is 6.22. The van der Waals surface area contributed by atoms with Crippen molar-refractivity contribution in [1.29, 1.82) is 0 Å². The molecule has 0 aliphatic heterocycles. The third-order valence-corrected chi connectivity index (χ3v) is 2.74. The zero-order valence-electron chi connectivity index (χ0n) is 11.2. The Balaban J connectivity index is 2.15. The smallest absolute Gasteiger partial charge is 0.216 e. The molecule has 0 aliphatic carbocycles. The predicted molar refractivity (Wildman–Crippen MR) is 75.3 cm³/mol. The number of nitrogens with one attached hydrogen (secondary N) is 2. The molecule has 18 heavy (non-hydrogen) atoms. The summed E-state index contributed by atoms with van der Waals surface area (Å²) in [7, 11) is 0. The van der Waals surface area contributed by atoms with Crippen LogP contribution in [0.1, 0.15) is 25.8 Å². The lowest BCUT2D eigenvalue weighted by Crippen LogP contribution is -2.31. The number of nitrogen functional groups attached to an aromatic ring is 1. The summed E-state index contributed by atoms with van der Waals surface area (Å²) in [5, 5.41) is 6.22. The van der Waals surface area contributed by atoms with Crippen molar-refractivity contribution in [3.05, 3.63) is 29.8 Å². The lowest BCUT2D eigenvalue weighted by molar-refractivity contribution is -0.118. The van der Waals surface area contributed by atoms with Gasteiger partial charge in [-0.25, -0.2) is 0 Å². The minimum atomic E-state index is 0.0323. The average Bonchev–Trinajstić information content (AvgIpc) is 2.31. The highest BCUT2D eigenvalue weighted by atomic mass is 16.1. The lowest BCUT2D eigenvalue weighted by atomic mass is 10.1. The molecule has 1 aromatic carbocycles. The van der Waals surface area contributed by atoms with Crippen LogP contribution in [0, 0.1) is 0 Å². The van der Waals surface area contributed by atoms with E-state index >= 15 is 0 Å². The molecular weight excluding hydrogens is 226 g/mol. The fourth-order valence-corrected chi connectivity index (χ4v) is 1.78. The molecule has 0 spiro atoms. The first-order chi connectivity index (χ1) is 8.58. The molecule has 0 radical (unpaired) electrons. The van der Waals surface area contributed by atoms with Crippen LogP contribution in [-0.2, 0) is 11.2 Å². The summed E-state index contributed by atoms with van der Waals surface area (Å²) in [6, 6.07) is 8.40. The fraction of sp³-hybridized carbons (Fsp3) is 0.500. The van der Waals surface area contributed by atoms with Gasteiger partial charge in [0.1, 0.15) is 0 Å². The zero-order chi connectivity index (χ0) is 13.4. The second-order valence-corrected chi connectivity index (χ2v) is 4.64. The number of carbonyl (C=O) groups is 1. The fourth-order valence-electron chi connectivity index (χ4n) is 1.78. The number of hydrogen-bond donors (Lipinski definition) is 3. The van der Waals surface area contributed by atoms with E-state index in [9.17, 15) is 4.79 Å². The number of carbonyl (C=O) groups excluding carboxylic acids is 1. The Bertz CT molecular complexity index is 362. The Hall–Kier alpha value is -1.55. The molecule has 4 heteroatoms. The van der Waals surface area contributed by atoms with Crippen molar-refractivity contribution in [3.63, 3.8) is 0 Å². The van der Waals surface area contributed by atoms with Crippen molar-refractivity contribution >= 4 is 11.6 Å². The van der Waals surface area contributed by atoms with Crippen molar-refractivity contribution in [2.45, 2.75) is 32.7 Å². The minimum Gasteiger partial charge on any atom is -0.399 e. The van der Waals surface area contributed by atoms with Crippen LogP contribution >= 0.6 is 0 Å². The van der Waals surface area contributed by atoms with Crippen molar-refractivity contribution in [2.75, 3.05) is 18.8 Å². The van der Waals surface area contributed by atoms with Crippen LogP contribution < -0.4 is 16.4 Å². The Morgan fingerprint density at radius 1 is 1.28 bits per heavy atom. The van der Waals surface area contributed by atoms with Crippen LogP contribution in [-0.4, -0.2) is 25.0 Å². The Labute approximate surface area is 109 Å². The number of anilines is 1. The highest BCUT2D eigenvalue weighted by molar-refractivity contribution is 5.72. The summed E-state index contributed by atoms with van der Waals surface area (Å²) in [4.78, 5) is 10.7. The molecule has 0 fully saturated rings. The van der Waals surface area contributed by atoms with Gasteiger partial charge in [-0.2, -0.15) is 0 Å². The van der Waals surface area contributed by atoms with Gasteiger partial charge < -0.3 is 16.4 Å². The van der Waals surface area contributed by atoms with Gasteiger partial charge in [0.15, 0.2) is 0 Å². The van der Waals surface area contributed by atoms with Crippen molar-refractivity contribution in [1.82, 2.24) is 10.6 Å². The summed E-state index contributed by atoms with van der Waals surface area (Å²) in [5.41, 5.74) is 7.73. The van der Waals surface area contributed by atoms with E-state index in [0.29, 0.717) is 6.04 Å². The molecule has 1 unspecified atom stereocenters. The van der Waals surface area contributed by atoms with Crippen LogP contribution in [0.4, 0.5) is 5.69 Å². The Morgan fingerprint density at radius 2 is 1.94 bits per heavy atom. The van der Waals surface area contributed by atoms with E-state index in [0.717, 1.165) is 31.6 Å². The van der Waals surface area contributed by atoms with Crippen molar-refractivity contribution in [3.8, 4) is 0 Å². The molecular formula is C14H23N3O. The number of rotatable bonds is 7. The first kappa shape index (κ1) is 14.5. The molecule has 1 rings (SSSR count). The van der Waals surface area contributed by atoms with Gasteiger partial charge in [0, 0.05) is 25.2 Å². The molecule has 0 heterocycles. The number of hydrogen-bond acceptors (Lipinski definition) is 3. The van der Waals surface area contributed by atoms with E-state index in [1.165, 1.54) is 12.5 Å².